The molecular weight excluding hydrogens is 146 g/mol. The molecule has 0 saturated carbocycles. The number of rotatable bonds is 5. The van der Waals surface area contributed by atoms with Crippen LogP contribution >= 0.6 is 11.6 Å². The van der Waals surface area contributed by atoms with Crippen molar-refractivity contribution in [1.29, 1.82) is 0 Å². The van der Waals surface area contributed by atoms with Crippen LogP contribution in [-0.4, -0.2) is 11.9 Å². The van der Waals surface area contributed by atoms with Gasteiger partial charge in [-0.05, 0) is 12.8 Å². The van der Waals surface area contributed by atoms with Gasteiger partial charge in [0.15, 0.2) is 0 Å². The molecule has 2 heteroatoms. The quantitative estimate of drug-likeness (QED) is 0.486. The van der Waals surface area contributed by atoms with E-state index in [2.05, 4.69) is 13.0 Å². The summed E-state index contributed by atoms with van der Waals surface area (Å²) in [5.74, 6) is 0.650. The van der Waals surface area contributed by atoms with Crippen molar-refractivity contribution < 1.29 is 0 Å². The summed E-state index contributed by atoms with van der Waals surface area (Å²) < 4.78 is 0. The Balaban J connectivity index is 3.26. The van der Waals surface area contributed by atoms with Crippen molar-refractivity contribution in [2.24, 2.45) is 5.73 Å². The zero-order valence-electron chi connectivity index (χ0n) is 6.52. The van der Waals surface area contributed by atoms with Crippen molar-refractivity contribution in [2.75, 3.05) is 5.88 Å². The van der Waals surface area contributed by atoms with E-state index in [1.54, 1.807) is 0 Å². The molecule has 2 N–H and O–H groups in total. The molecular formula is C8H16ClN. The topological polar surface area (TPSA) is 26.0 Å². The lowest BCUT2D eigenvalue weighted by atomic mass is 10.2. The lowest BCUT2D eigenvalue weighted by Gasteiger charge is -2.00. The van der Waals surface area contributed by atoms with E-state index in [9.17, 15) is 0 Å². The van der Waals surface area contributed by atoms with Gasteiger partial charge in [-0.15, -0.1) is 11.6 Å². The standard InChI is InChI=1S/C8H16ClN/c1-2-3-4-5-8(10)6-7-9/h4-5,8H,2-3,6-7,10H2,1H3/b5-4+. The van der Waals surface area contributed by atoms with Gasteiger partial charge in [0.2, 0.25) is 0 Å². The van der Waals surface area contributed by atoms with Gasteiger partial charge in [-0.3, -0.25) is 0 Å². The number of alkyl halides is 1. The first-order valence-corrected chi connectivity index (χ1v) is 4.33. The highest BCUT2D eigenvalue weighted by atomic mass is 35.5. The molecule has 0 aliphatic rings. The van der Waals surface area contributed by atoms with E-state index in [4.69, 9.17) is 17.3 Å². The fraction of sp³-hybridized carbons (Fsp3) is 0.750. The number of hydrogen-bond donors (Lipinski definition) is 1. The van der Waals surface area contributed by atoms with Crippen LogP contribution in [0, 0.1) is 0 Å². The zero-order chi connectivity index (χ0) is 7.82. The summed E-state index contributed by atoms with van der Waals surface area (Å²) in [5.41, 5.74) is 5.65. The second-order valence-electron chi connectivity index (χ2n) is 2.36. The van der Waals surface area contributed by atoms with Crippen molar-refractivity contribution in [1.82, 2.24) is 0 Å². The summed E-state index contributed by atoms with van der Waals surface area (Å²) in [7, 11) is 0. The van der Waals surface area contributed by atoms with E-state index >= 15 is 0 Å². The number of hydrogen-bond acceptors (Lipinski definition) is 1. The predicted octanol–water partition coefficient (Wildman–Crippen LogP) is 2.30. The average Bonchev–Trinajstić information content (AvgIpc) is 1.89. The molecule has 1 atom stereocenters. The Kier molecular flexibility index (Phi) is 7.09. The first-order chi connectivity index (χ1) is 4.81. The SMILES string of the molecule is CCC/C=C/C(N)CCCl. The third kappa shape index (κ3) is 6.12. The Bertz CT molecular complexity index is 91.3. The van der Waals surface area contributed by atoms with Gasteiger partial charge in [0, 0.05) is 11.9 Å². The van der Waals surface area contributed by atoms with Crippen LogP contribution in [0.2, 0.25) is 0 Å². The first-order valence-electron chi connectivity index (χ1n) is 3.79. The summed E-state index contributed by atoms with van der Waals surface area (Å²) in [6, 6.07) is 0.157. The van der Waals surface area contributed by atoms with Gasteiger partial charge >= 0.3 is 0 Å². The Morgan fingerprint density at radius 2 is 2.30 bits per heavy atom. The minimum Gasteiger partial charge on any atom is -0.324 e. The van der Waals surface area contributed by atoms with Crippen molar-refractivity contribution >= 4 is 11.6 Å². The molecule has 0 aromatic heterocycles. The molecule has 10 heavy (non-hydrogen) atoms. The summed E-state index contributed by atoms with van der Waals surface area (Å²) in [6.45, 7) is 2.15. The van der Waals surface area contributed by atoms with Crippen LogP contribution in [0.5, 0.6) is 0 Å². The minimum atomic E-state index is 0.157. The molecule has 0 aromatic rings. The Hall–Kier alpha value is -0.0100. The average molecular weight is 162 g/mol. The molecule has 1 unspecified atom stereocenters. The number of nitrogens with two attached hydrogens (primary N) is 1. The number of halogens is 1. The van der Waals surface area contributed by atoms with Crippen LogP contribution in [0.1, 0.15) is 26.2 Å². The molecule has 0 aliphatic carbocycles. The maximum atomic E-state index is 5.65. The molecule has 0 bridgehead atoms. The highest BCUT2D eigenvalue weighted by Crippen LogP contribution is 1.95. The van der Waals surface area contributed by atoms with E-state index in [0.717, 1.165) is 12.8 Å². The molecule has 60 valence electrons. The molecule has 0 spiro atoms. The third-order valence-electron chi connectivity index (χ3n) is 1.28. The van der Waals surface area contributed by atoms with E-state index in [1.807, 2.05) is 6.08 Å². The van der Waals surface area contributed by atoms with Gasteiger partial charge in [0.1, 0.15) is 0 Å². The number of allylic oxidation sites excluding steroid dienone is 1. The Morgan fingerprint density at radius 1 is 1.60 bits per heavy atom. The maximum Gasteiger partial charge on any atom is 0.0241 e. The van der Waals surface area contributed by atoms with Gasteiger partial charge in [0.05, 0.1) is 0 Å². The predicted molar refractivity (Wildman–Crippen MR) is 47.4 cm³/mol. The maximum absolute atomic E-state index is 5.65. The molecule has 0 radical (unpaired) electrons. The van der Waals surface area contributed by atoms with E-state index in [1.165, 1.54) is 6.42 Å². The fourth-order valence-corrected chi connectivity index (χ4v) is 0.912. The van der Waals surface area contributed by atoms with E-state index in [0.29, 0.717) is 5.88 Å². The smallest absolute Gasteiger partial charge is 0.0241 e. The van der Waals surface area contributed by atoms with E-state index in [-0.39, 0.29) is 6.04 Å². The van der Waals surface area contributed by atoms with Crippen LogP contribution in [-0.2, 0) is 0 Å². The zero-order valence-corrected chi connectivity index (χ0v) is 7.27. The molecule has 0 aromatic carbocycles. The second kappa shape index (κ2) is 7.10. The summed E-state index contributed by atoms with van der Waals surface area (Å²) in [4.78, 5) is 0. The molecule has 0 saturated heterocycles. The second-order valence-corrected chi connectivity index (χ2v) is 2.74. The van der Waals surface area contributed by atoms with Crippen molar-refractivity contribution in [3.63, 3.8) is 0 Å². The normalized spacial score (nSPS) is 14.3. The van der Waals surface area contributed by atoms with Gasteiger partial charge in [0.25, 0.3) is 0 Å². The summed E-state index contributed by atoms with van der Waals surface area (Å²) in [5, 5.41) is 0. The van der Waals surface area contributed by atoms with Crippen LogP contribution < -0.4 is 5.73 Å². The highest BCUT2D eigenvalue weighted by molar-refractivity contribution is 6.17. The van der Waals surface area contributed by atoms with Crippen molar-refractivity contribution in [2.45, 2.75) is 32.2 Å². The Labute approximate surface area is 68.2 Å². The third-order valence-corrected chi connectivity index (χ3v) is 1.50. The first kappa shape index (κ1) is 9.99. The highest BCUT2D eigenvalue weighted by Gasteiger charge is 1.92. The molecule has 1 nitrogen and oxygen atoms in total. The van der Waals surface area contributed by atoms with Gasteiger partial charge < -0.3 is 5.73 Å². The molecule has 0 fully saturated rings. The monoisotopic (exact) mass is 161 g/mol. The molecule has 0 rings (SSSR count). The molecule has 0 amide bonds. The van der Waals surface area contributed by atoms with E-state index < -0.39 is 0 Å². The van der Waals surface area contributed by atoms with Crippen molar-refractivity contribution in [3.05, 3.63) is 12.2 Å². The van der Waals surface area contributed by atoms with Crippen LogP contribution in [0.15, 0.2) is 12.2 Å². The molecule has 0 heterocycles. The number of unbranched alkanes of at least 4 members (excludes halogenated alkanes) is 1. The lowest BCUT2D eigenvalue weighted by molar-refractivity contribution is 0.781. The fourth-order valence-electron chi connectivity index (χ4n) is 0.660. The Morgan fingerprint density at radius 3 is 2.80 bits per heavy atom. The van der Waals surface area contributed by atoms with Crippen molar-refractivity contribution in [3.8, 4) is 0 Å². The van der Waals surface area contributed by atoms with Crippen LogP contribution in [0.3, 0.4) is 0 Å². The lowest BCUT2D eigenvalue weighted by Crippen LogP contribution is -2.16. The minimum absolute atomic E-state index is 0.157. The van der Waals surface area contributed by atoms with Gasteiger partial charge in [-0.25, -0.2) is 0 Å². The van der Waals surface area contributed by atoms with Gasteiger partial charge in [-0.2, -0.15) is 0 Å². The largest absolute Gasteiger partial charge is 0.324 e. The van der Waals surface area contributed by atoms with Crippen LogP contribution in [0.4, 0.5) is 0 Å². The molecule has 0 aliphatic heterocycles. The summed E-state index contributed by atoms with van der Waals surface area (Å²) in [6.07, 6.45) is 7.34. The van der Waals surface area contributed by atoms with Crippen LogP contribution in [0.25, 0.3) is 0 Å². The van der Waals surface area contributed by atoms with Gasteiger partial charge in [-0.1, -0.05) is 25.5 Å². The summed E-state index contributed by atoms with van der Waals surface area (Å²) >= 11 is 5.50.